The second-order valence-corrected chi connectivity index (χ2v) is 15.5. The smallest absolute Gasteiger partial charge is 0.164 e. The number of benzene rings is 8. The summed E-state index contributed by atoms with van der Waals surface area (Å²) in [6.07, 6.45) is 0. The van der Waals surface area contributed by atoms with E-state index in [9.17, 15) is 0 Å². The molecule has 0 saturated heterocycles. The molecule has 0 radical (unpaired) electrons. The van der Waals surface area contributed by atoms with Crippen LogP contribution in [-0.2, 0) is 0 Å². The molecule has 266 valence electrons. The highest BCUT2D eigenvalue weighted by atomic mass is 32.1. The highest BCUT2D eigenvalue weighted by Gasteiger charge is 2.26. The van der Waals surface area contributed by atoms with Gasteiger partial charge in [0, 0.05) is 48.6 Å². The molecule has 0 aliphatic heterocycles. The summed E-state index contributed by atoms with van der Waals surface area (Å²) in [5.74, 6) is 1.95. The van der Waals surface area contributed by atoms with Crippen molar-refractivity contribution in [3.8, 4) is 45.5 Å². The highest BCUT2D eigenvalue weighted by Crippen LogP contribution is 2.47. The predicted molar refractivity (Wildman–Crippen MR) is 238 cm³/mol. The van der Waals surface area contributed by atoms with E-state index in [1.807, 2.05) is 47.7 Å². The van der Waals surface area contributed by atoms with E-state index < -0.39 is 0 Å². The van der Waals surface area contributed by atoms with Gasteiger partial charge in [0.25, 0.3) is 0 Å². The number of aromatic nitrogens is 5. The molecular weight excluding hydrogens is 715 g/mol. The van der Waals surface area contributed by atoms with Crippen molar-refractivity contribution >= 4 is 75.1 Å². The van der Waals surface area contributed by atoms with Crippen LogP contribution >= 0.6 is 11.3 Å². The molecule has 0 amide bonds. The van der Waals surface area contributed by atoms with E-state index in [4.69, 9.17) is 15.0 Å². The Morgan fingerprint density at radius 2 is 0.965 bits per heavy atom. The summed E-state index contributed by atoms with van der Waals surface area (Å²) in [6.45, 7) is 0. The lowest BCUT2D eigenvalue weighted by Crippen LogP contribution is -2.01. The number of hydrogen-bond donors (Lipinski definition) is 0. The van der Waals surface area contributed by atoms with Crippen molar-refractivity contribution < 1.29 is 0 Å². The molecule has 0 aliphatic rings. The number of thiophene rings is 1. The molecule has 0 bridgehead atoms. The summed E-state index contributed by atoms with van der Waals surface area (Å²) >= 11 is 1.83. The topological polar surface area (TPSA) is 48.5 Å². The number of fused-ring (bicyclic) bond motifs is 9. The van der Waals surface area contributed by atoms with Gasteiger partial charge in [-0.2, -0.15) is 0 Å². The van der Waals surface area contributed by atoms with Crippen LogP contribution in [0.5, 0.6) is 0 Å². The quantitative estimate of drug-likeness (QED) is 0.176. The van der Waals surface area contributed by atoms with Crippen LogP contribution in [0.3, 0.4) is 0 Å². The van der Waals surface area contributed by atoms with Crippen molar-refractivity contribution in [2.45, 2.75) is 0 Å². The van der Waals surface area contributed by atoms with Gasteiger partial charge in [0.2, 0.25) is 0 Å². The van der Waals surface area contributed by atoms with Crippen LogP contribution in [0.4, 0.5) is 0 Å². The Morgan fingerprint density at radius 3 is 1.68 bits per heavy atom. The fourth-order valence-corrected chi connectivity index (χ4v) is 9.85. The maximum atomic E-state index is 5.21. The van der Waals surface area contributed by atoms with Gasteiger partial charge in [-0.25, -0.2) is 15.0 Å². The van der Waals surface area contributed by atoms with E-state index in [2.05, 4.69) is 161 Å². The van der Waals surface area contributed by atoms with Gasteiger partial charge in [0.05, 0.1) is 32.5 Å². The van der Waals surface area contributed by atoms with Crippen LogP contribution in [0.25, 0.3) is 109 Å². The van der Waals surface area contributed by atoms with Crippen LogP contribution in [0, 0.1) is 0 Å². The maximum Gasteiger partial charge on any atom is 0.164 e. The number of hydrogen-bond acceptors (Lipinski definition) is 4. The Labute approximate surface area is 331 Å². The lowest BCUT2D eigenvalue weighted by molar-refractivity contribution is 1.08. The molecule has 4 aromatic heterocycles. The standard InChI is InChI=1S/C51H31N5S/c1-4-16-32(17-5-1)49-52-50(33-18-6-2-7-19-33)54-51(53-49)39-28-29-42(48-45(39)38-25-13-15-27-44(38)57-48)56-41-26-14-12-24-37(41)46-47(56)40-30-34-20-10-11-21-35(34)31-43(40)55(46)36-22-8-3-9-23-36/h1-31H. The van der Waals surface area contributed by atoms with Crippen molar-refractivity contribution in [1.82, 2.24) is 24.1 Å². The summed E-state index contributed by atoms with van der Waals surface area (Å²) in [5, 5.41) is 7.17. The molecule has 0 saturated carbocycles. The normalized spacial score (nSPS) is 11.9. The summed E-state index contributed by atoms with van der Waals surface area (Å²) in [6, 6.07) is 66.6. The molecule has 0 N–H and O–H groups in total. The molecular formula is C51H31N5S. The van der Waals surface area contributed by atoms with Crippen molar-refractivity contribution in [2.75, 3.05) is 0 Å². The molecule has 12 aromatic rings. The fraction of sp³-hybridized carbons (Fsp3) is 0. The van der Waals surface area contributed by atoms with E-state index in [1.54, 1.807) is 0 Å². The minimum absolute atomic E-state index is 0.648. The molecule has 0 fully saturated rings. The van der Waals surface area contributed by atoms with Crippen LogP contribution in [0.1, 0.15) is 0 Å². The average molecular weight is 746 g/mol. The average Bonchev–Trinajstić information content (AvgIpc) is 3.94. The van der Waals surface area contributed by atoms with Crippen molar-refractivity contribution in [3.63, 3.8) is 0 Å². The van der Waals surface area contributed by atoms with Gasteiger partial charge in [-0.1, -0.05) is 140 Å². The van der Waals surface area contributed by atoms with Crippen LogP contribution in [0.2, 0.25) is 0 Å². The van der Waals surface area contributed by atoms with E-state index in [0.717, 1.165) is 39.0 Å². The van der Waals surface area contributed by atoms with Gasteiger partial charge in [-0.05, 0) is 59.3 Å². The Balaban J connectivity index is 1.21. The van der Waals surface area contributed by atoms with Gasteiger partial charge in [-0.3, -0.25) is 0 Å². The second kappa shape index (κ2) is 12.6. The van der Waals surface area contributed by atoms with Gasteiger partial charge >= 0.3 is 0 Å². The third-order valence-corrected chi connectivity index (χ3v) is 12.3. The lowest BCUT2D eigenvalue weighted by Gasteiger charge is -2.13. The van der Waals surface area contributed by atoms with Gasteiger partial charge < -0.3 is 9.13 Å². The van der Waals surface area contributed by atoms with E-state index in [1.165, 1.54) is 52.9 Å². The number of nitrogens with zero attached hydrogens (tertiary/aromatic N) is 5. The van der Waals surface area contributed by atoms with Gasteiger partial charge in [0.15, 0.2) is 17.5 Å². The molecule has 4 heterocycles. The minimum atomic E-state index is 0.648. The molecule has 0 aliphatic carbocycles. The van der Waals surface area contributed by atoms with Crippen molar-refractivity contribution in [2.24, 2.45) is 0 Å². The SMILES string of the molecule is c1ccc(-c2nc(-c3ccccc3)nc(-c3ccc(-n4c5ccccc5c5c4c4cc6ccccc6cc4n5-c4ccccc4)c4sc5ccccc5c34)n2)cc1. The maximum absolute atomic E-state index is 5.21. The second-order valence-electron chi connectivity index (χ2n) is 14.4. The first-order chi connectivity index (χ1) is 28.3. The number of para-hydroxylation sites is 2. The Kier molecular flexibility index (Phi) is 7.03. The predicted octanol–water partition coefficient (Wildman–Crippen LogP) is 13.4. The zero-order valence-electron chi connectivity index (χ0n) is 30.5. The van der Waals surface area contributed by atoms with E-state index in [-0.39, 0.29) is 0 Å². The Hall–Kier alpha value is -7.41. The summed E-state index contributed by atoms with van der Waals surface area (Å²) in [4.78, 5) is 15.4. The van der Waals surface area contributed by atoms with Crippen LogP contribution < -0.4 is 0 Å². The van der Waals surface area contributed by atoms with E-state index in [0.29, 0.717) is 17.5 Å². The largest absolute Gasteiger partial charge is 0.307 e. The summed E-state index contributed by atoms with van der Waals surface area (Å²) in [5.41, 5.74) is 9.86. The van der Waals surface area contributed by atoms with Gasteiger partial charge in [-0.15, -0.1) is 11.3 Å². The molecule has 8 aromatic carbocycles. The third-order valence-electron chi connectivity index (χ3n) is 11.1. The molecule has 57 heavy (non-hydrogen) atoms. The lowest BCUT2D eigenvalue weighted by atomic mass is 10.0. The molecule has 0 spiro atoms. The number of rotatable bonds is 5. The Bertz CT molecular complexity index is 3450. The Morgan fingerprint density at radius 1 is 0.404 bits per heavy atom. The molecule has 5 nitrogen and oxygen atoms in total. The van der Waals surface area contributed by atoms with E-state index >= 15 is 0 Å². The highest BCUT2D eigenvalue weighted by molar-refractivity contribution is 7.26. The third kappa shape index (κ3) is 4.91. The molecule has 0 atom stereocenters. The molecule has 12 rings (SSSR count). The fourth-order valence-electron chi connectivity index (χ4n) is 8.62. The van der Waals surface area contributed by atoms with Crippen molar-refractivity contribution in [1.29, 1.82) is 0 Å². The molecule has 6 heteroatoms. The summed E-state index contributed by atoms with van der Waals surface area (Å²) in [7, 11) is 0. The monoisotopic (exact) mass is 745 g/mol. The first-order valence-electron chi connectivity index (χ1n) is 19.1. The van der Waals surface area contributed by atoms with Gasteiger partial charge in [0.1, 0.15) is 0 Å². The zero-order chi connectivity index (χ0) is 37.5. The van der Waals surface area contributed by atoms with Crippen LogP contribution in [-0.4, -0.2) is 24.1 Å². The van der Waals surface area contributed by atoms with Crippen LogP contribution in [0.15, 0.2) is 188 Å². The first kappa shape index (κ1) is 31.9. The zero-order valence-corrected chi connectivity index (χ0v) is 31.4. The summed E-state index contributed by atoms with van der Waals surface area (Å²) < 4.78 is 7.35. The molecule has 0 unspecified atom stereocenters. The first-order valence-corrected chi connectivity index (χ1v) is 19.9. The van der Waals surface area contributed by atoms with Crippen molar-refractivity contribution in [3.05, 3.63) is 188 Å². The minimum Gasteiger partial charge on any atom is -0.307 e.